The van der Waals surface area contributed by atoms with Crippen LogP contribution in [0.25, 0.3) is 0 Å². The fraction of sp³-hybridized carbons (Fsp3) is 0.667. The Morgan fingerprint density at radius 2 is 2.29 bits per heavy atom. The Morgan fingerprint density at radius 3 is 2.90 bits per heavy atom. The summed E-state index contributed by atoms with van der Waals surface area (Å²) in [6.07, 6.45) is 1.99. The van der Waals surface area contributed by atoms with E-state index in [-0.39, 0.29) is 12.4 Å². The normalized spacial score (nSPS) is 19.1. The molecule has 0 aliphatic carbocycles. The van der Waals surface area contributed by atoms with Crippen LogP contribution in [0, 0.1) is 0 Å². The SMILES string of the molecule is COCCN(C)c1ccc(CN2CCNCC2C)cn1.Cl. The molecule has 1 aromatic heterocycles. The highest BCUT2D eigenvalue weighted by Crippen LogP contribution is 2.13. The fourth-order valence-corrected chi connectivity index (χ4v) is 2.43. The summed E-state index contributed by atoms with van der Waals surface area (Å²) in [4.78, 5) is 9.16. The van der Waals surface area contributed by atoms with Gasteiger partial charge in [-0.1, -0.05) is 6.07 Å². The summed E-state index contributed by atoms with van der Waals surface area (Å²) in [7, 11) is 3.76. The molecular weight excluding hydrogens is 288 g/mol. The number of ether oxygens (including phenoxy) is 1. The van der Waals surface area contributed by atoms with Crippen LogP contribution < -0.4 is 10.2 Å². The number of halogens is 1. The van der Waals surface area contributed by atoms with Gasteiger partial charge in [-0.2, -0.15) is 0 Å². The molecule has 1 unspecified atom stereocenters. The van der Waals surface area contributed by atoms with Crippen molar-refractivity contribution in [2.45, 2.75) is 19.5 Å². The standard InChI is InChI=1S/C15H26N4O.ClH/c1-13-10-16-6-7-19(13)12-14-4-5-15(17-11-14)18(2)8-9-20-3;/h4-5,11,13,16H,6-10,12H2,1-3H3;1H. The van der Waals surface area contributed by atoms with Gasteiger partial charge in [0, 0.05) is 59.1 Å². The molecule has 0 radical (unpaired) electrons. The van der Waals surface area contributed by atoms with E-state index in [4.69, 9.17) is 4.74 Å². The first-order chi connectivity index (χ1) is 9.70. The molecule has 0 aromatic carbocycles. The summed E-state index contributed by atoms with van der Waals surface area (Å²) >= 11 is 0. The van der Waals surface area contributed by atoms with E-state index >= 15 is 0 Å². The number of nitrogens with zero attached hydrogens (tertiary/aromatic N) is 3. The Hall–Kier alpha value is -0.880. The third-order valence-electron chi connectivity index (χ3n) is 3.86. The zero-order valence-corrected chi connectivity index (χ0v) is 14.0. The monoisotopic (exact) mass is 314 g/mol. The molecule has 0 bridgehead atoms. The van der Waals surface area contributed by atoms with Gasteiger partial charge in [0.1, 0.15) is 5.82 Å². The van der Waals surface area contributed by atoms with Crippen molar-refractivity contribution in [2.24, 2.45) is 0 Å². The molecule has 1 saturated heterocycles. The van der Waals surface area contributed by atoms with Gasteiger partial charge >= 0.3 is 0 Å². The maximum Gasteiger partial charge on any atom is 0.128 e. The number of nitrogens with one attached hydrogen (secondary N) is 1. The summed E-state index contributed by atoms with van der Waals surface area (Å²) in [6, 6.07) is 4.87. The molecule has 1 aliphatic heterocycles. The molecule has 5 nitrogen and oxygen atoms in total. The van der Waals surface area contributed by atoms with Gasteiger partial charge in [0.05, 0.1) is 6.61 Å². The molecule has 120 valence electrons. The van der Waals surface area contributed by atoms with Crippen molar-refractivity contribution >= 4 is 18.2 Å². The molecule has 1 N–H and O–H groups in total. The van der Waals surface area contributed by atoms with Crippen LogP contribution in [0.4, 0.5) is 5.82 Å². The number of pyridine rings is 1. The average Bonchev–Trinajstić information content (AvgIpc) is 2.48. The predicted octanol–water partition coefficient (Wildman–Crippen LogP) is 1.38. The van der Waals surface area contributed by atoms with Crippen LogP contribution in [0.3, 0.4) is 0 Å². The van der Waals surface area contributed by atoms with Gasteiger partial charge < -0.3 is 15.0 Å². The van der Waals surface area contributed by atoms with Gasteiger partial charge in [0.2, 0.25) is 0 Å². The Morgan fingerprint density at radius 1 is 1.48 bits per heavy atom. The van der Waals surface area contributed by atoms with Crippen LogP contribution in [0.2, 0.25) is 0 Å². The third kappa shape index (κ3) is 5.43. The van der Waals surface area contributed by atoms with Crippen molar-refractivity contribution in [3.05, 3.63) is 23.9 Å². The van der Waals surface area contributed by atoms with Gasteiger partial charge in [0.25, 0.3) is 0 Å². The summed E-state index contributed by atoms with van der Waals surface area (Å²) in [6.45, 7) is 8.10. The average molecular weight is 315 g/mol. The van der Waals surface area contributed by atoms with Crippen molar-refractivity contribution < 1.29 is 4.74 Å². The lowest BCUT2D eigenvalue weighted by Crippen LogP contribution is -2.49. The van der Waals surface area contributed by atoms with E-state index in [2.05, 4.69) is 39.2 Å². The van der Waals surface area contributed by atoms with Gasteiger partial charge in [0.15, 0.2) is 0 Å². The molecule has 1 fully saturated rings. The van der Waals surface area contributed by atoms with E-state index in [1.165, 1.54) is 5.56 Å². The van der Waals surface area contributed by atoms with E-state index in [1.807, 2.05) is 13.2 Å². The Balaban J connectivity index is 0.00000220. The largest absolute Gasteiger partial charge is 0.383 e. The molecule has 0 amide bonds. The molecule has 1 aromatic rings. The zero-order valence-electron chi connectivity index (χ0n) is 13.2. The minimum absolute atomic E-state index is 0. The zero-order chi connectivity index (χ0) is 14.4. The van der Waals surface area contributed by atoms with E-state index in [9.17, 15) is 0 Å². The van der Waals surface area contributed by atoms with E-state index in [0.717, 1.165) is 45.1 Å². The minimum Gasteiger partial charge on any atom is -0.383 e. The number of likely N-dealkylation sites (N-methyl/N-ethyl adjacent to an activating group) is 1. The first kappa shape index (κ1) is 18.2. The number of aromatic nitrogens is 1. The van der Waals surface area contributed by atoms with Gasteiger partial charge in [-0.15, -0.1) is 12.4 Å². The van der Waals surface area contributed by atoms with Crippen LogP contribution in [0.1, 0.15) is 12.5 Å². The molecule has 2 rings (SSSR count). The molecule has 2 heterocycles. The predicted molar refractivity (Wildman–Crippen MR) is 89.4 cm³/mol. The van der Waals surface area contributed by atoms with Crippen LogP contribution in [0.15, 0.2) is 18.3 Å². The Kier molecular flexibility index (Phi) is 7.96. The van der Waals surface area contributed by atoms with Gasteiger partial charge in [-0.05, 0) is 18.6 Å². The molecule has 1 aliphatic rings. The van der Waals surface area contributed by atoms with Crippen molar-refractivity contribution in [1.82, 2.24) is 15.2 Å². The van der Waals surface area contributed by atoms with Crippen molar-refractivity contribution in [3.63, 3.8) is 0 Å². The first-order valence-electron chi connectivity index (χ1n) is 7.30. The number of hydrogen-bond donors (Lipinski definition) is 1. The topological polar surface area (TPSA) is 40.6 Å². The van der Waals surface area contributed by atoms with Crippen LogP contribution in [-0.2, 0) is 11.3 Å². The first-order valence-corrected chi connectivity index (χ1v) is 7.30. The number of anilines is 1. The lowest BCUT2D eigenvalue weighted by atomic mass is 10.2. The molecule has 0 spiro atoms. The van der Waals surface area contributed by atoms with Crippen LogP contribution in [-0.4, -0.2) is 62.9 Å². The number of rotatable bonds is 6. The third-order valence-corrected chi connectivity index (χ3v) is 3.86. The molecular formula is C15H27ClN4O. The minimum atomic E-state index is 0. The molecule has 21 heavy (non-hydrogen) atoms. The quantitative estimate of drug-likeness (QED) is 0.859. The van der Waals surface area contributed by atoms with Crippen molar-refractivity contribution in [3.8, 4) is 0 Å². The summed E-state index contributed by atoms with van der Waals surface area (Å²) in [5.41, 5.74) is 1.28. The smallest absolute Gasteiger partial charge is 0.128 e. The maximum atomic E-state index is 5.09. The highest BCUT2D eigenvalue weighted by molar-refractivity contribution is 5.85. The van der Waals surface area contributed by atoms with Gasteiger partial charge in [-0.25, -0.2) is 4.98 Å². The van der Waals surface area contributed by atoms with Crippen molar-refractivity contribution in [2.75, 3.05) is 51.8 Å². The Labute approximate surface area is 134 Å². The summed E-state index contributed by atoms with van der Waals surface area (Å²) in [5, 5.41) is 3.42. The number of hydrogen-bond acceptors (Lipinski definition) is 5. The lowest BCUT2D eigenvalue weighted by molar-refractivity contribution is 0.165. The van der Waals surface area contributed by atoms with E-state index in [0.29, 0.717) is 6.04 Å². The molecule has 0 saturated carbocycles. The summed E-state index contributed by atoms with van der Waals surface area (Å²) in [5.74, 6) is 0.999. The van der Waals surface area contributed by atoms with Crippen LogP contribution >= 0.6 is 12.4 Å². The van der Waals surface area contributed by atoms with E-state index in [1.54, 1.807) is 7.11 Å². The van der Waals surface area contributed by atoms with Crippen LogP contribution in [0.5, 0.6) is 0 Å². The highest BCUT2D eigenvalue weighted by atomic mass is 35.5. The number of methoxy groups -OCH3 is 1. The van der Waals surface area contributed by atoms with E-state index < -0.39 is 0 Å². The molecule has 6 heteroatoms. The number of piperazine rings is 1. The second-order valence-corrected chi connectivity index (χ2v) is 5.46. The highest BCUT2D eigenvalue weighted by Gasteiger charge is 2.17. The maximum absolute atomic E-state index is 5.09. The van der Waals surface area contributed by atoms with Crippen molar-refractivity contribution in [1.29, 1.82) is 0 Å². The van der Waals surface area contributed by atoms with Gasteiger partial charge in [-0.3, -0.25) is 4.90 Å². The lowest BCUT2D eigenvalue weighted by Gasteiger charge is -2.33. The second-order valence-electron chi connectivity index (χ2n) is 5.46. The summed E-state index contributed by atoms with van der Waals surface area (Å²) < 4.78 is 5.09. The molecule has 1 atom stereocenters. The second kappa shape index (κ2) is 9.20. The Bertz CT molecular complexity index is 401. The fourth-order valence-electron chi connectivity index (χ4n) is 2.43.